The molecular weight excluding hydrogens is 379 g/mol. The van der Waals surface area contributed by atoms with E-state index in [4.69, 9.17) is 9.47 Å². The molecule has 2 aromatic rings. The first-order chi connectivity index (χ1) is 9.10. The van der Waals surface area contributed by atoms with Gasteiger partial charge in [-0.2, -0.15) is 0 Å². The molecule has 0 fully saturated rings. The van der Waals surface area contributed by atoms with Crippen molar-refractivity contribution in [3.63, 3.8) is 0 Å². The first-order valence-electron chi connectivity index (χ1n) is 5.50. The fourth-order valence-corrected chi connectivity index (χ4v) is 2.37. The molecule has 0 spiro atoms. The number of hydrogen-bond donors (Lipinski definition) is 0. The second-order valence-corrected chi connectivity index (χ2v) is 5.59. The average molecular weight is 390 g/mol. The molecule has 0 bridgehead atoms. The highest BCUT2D eigenvalue weighted by Gasteiger charge is 2.07. The maximum absolute atomic E-state index is 13.1. The third kappa shape index (κ3) is 3.70. The van der Waals surface area contributed by atoms with Gasteiger partial charge in [0.15, 0.2) is 0 Å². The van der Waals surface area contributed by atoms with Crippen LogP contribution in [0.2, 0.25) is 0 Å². The predicted octanol–water partition coefficient (Wildman–Crippen LogP) is 4.94. The van der Waals surface area contributed by atoms with Crippen LogP contribution in [0.15, 0.2) is 45.3 Å². The van der Waals surface area contributed by atoms with Gasteiger partial charge in [0.2, 0.25) is 0 Å². The van der Waals surface area contributed by atoms with Gasteiger partial charge in [-0.1, -0.05) is 15.9 Å². The molecule has 0 heterocycles. The molecule has 0 aliphatic rings. The number of benzene rings is 2. The monoisotopic (exact) mass is 388 g/mol. The zero-order valence-electron chi connectivity index (χ0n) is 10.1. The summed E-state index contributed by atoms with van der Waals surface area (Å²) in [6.45, 7) is 0.296. The summed E-state index contributed by atoms with van der Waals surface area (Å²) in [5.74, 6) is 0.858. The van der Waals surface area contributed by atoms with Crippen LogP contribution >= 0.6 is 31.9 Å². The second-order valence-electron chi connectivity index (χ2n) is 3.82. The SMILES string of the molecule is COc1ccc(Br)cc1COc1cc(F)ccc1Br. The maximum Gasteiger partial charge on any atom is 0.136 e. The number of rotatable bonds is 4. The Labute approximate surface area is 127 Å². The number of halogens is 3. The Bertz CT molecular complexity index is 588. The lowest BCUT2D eigenvalue weighted by Crippen LogP contribution is -1.99. The van der Waals surface area contributed by atoms with Gasteiger partial charge in [-0.15, -0.1) is 0 Å². The maximum atomic E-state index is 13.1. The Balaban J connectivity index is 2.18. The summed E-state index contributed by atoms with van der Waals surface area (Å²) >= 11 is 6.72. The van der Waals surface area contributed by atoms with Crippen LogP contribution in [0.1, 0.15) is 5.56 Å². The average Bonchev–Trinajstić information content (AvgIpc) is 2.40. The van der Waals surface area contributed by atoms with E-state index >= 15 is 0 Å². The van der Waals surface area contributed by atoms with Crippen molar-refractivity contribution in [1.82, 2.24) is 0 Å². The molecule has 0 atom stereocenters. The minimum absolute atomic E-state index is 0.296. The lowest BCUT2D eigenvalue weighted by Gasteiger charge is -2.11. The molecule has 100 valence electrons. The molecule has 2 aromatic carbocycles. The Morgan fingerprint density at radius 1 is 1.05 bits per heavy atom. The van der Waals surface area contributed by atoms with E-state index in [-0.39, 0.29) is 5.82 Å². The molecule has 0 saturated heterocycles. The van der Waals surface area contributed by atoms with Crippen molar-refractivity contribution in [2.24, 2.45) is 0 Å². The van der Waals surface area contributed by atoms with E-state index in [1.165, 1.54) is 12.1 Å². The van der Waals surface area contributed by atoms with Crippen LogP contribution in [-0.4, -0.2) is 7.11 Å². The van der Waals surface area contributed by atoms with E-state index in [1.807, 2.05) is 18.2 Å². The normalized spacial score (nSPS) is 10.3. The molecule has 5 heteroatoms. The van der Waals surface area contributed by atoms with Crippen LogP contribution in [0.3, 0.4) is 0 Å². The van der Waals surface area contributed by atoms with E-state index < -0.39 is 0 Å². The summed E-state index contributed by atoms with van der Waals surface area (Å²) in [4.78, 5) is 0. The summed E-state index contributed by atoms with van der Waals surface area (Å²) in [5, 5.41) is 0. The van der Waals surface area contributed by atoms with Crippen LogP contribution in [0.4, 0.5) is 4.39 Å². The van der Waals surface area contributed by atoms with E-state index in [0.717, 1.165) is 15.8 Å². The van der Waals surface area contributed by atoms with Gasteiger partial charge < -0.3 is 9.47 Å². The van der Waals surface area contributed by atoms with E-state index in [0.29, 0.717) is 16.8 Å². The van der Waals surface area contributed by atoms with Crippen molar-refractivity contribution in [1.29, 1.82) is 0 Å². The molecule has 0 unspecified atom stereocenters. The van der Waals surface area contributed by atoms with Crippen LogP contribution < -0.4 is 9.47 Å². The van der Waals surface area contributed by atoms with Gasteiger partial charge >= 0.3 is 0 Å². The number of hydrogen-bond acceptors (Lipinski definition) is 2. The lowest BCUT2D eigenvalue weighted by molar-refractivity contribution is 0.293. The molecule has 0 aliphatic heterocycles. The summed E-state index contributed by atoms with van der Waals surface area (Å²) in [7, 11) is 1.60. The van der Waals surface area contributed by atoms with Crippen molar-refractivity contribution in [3.8, 4) is 11.5 Å². The lowest BCUT2D eigenvalue weighted by atomic mass is 10.2. The topological polar surface area (TPSA) is 18.5 Å². The molecule has 2 rings (SSSR count). The van der Waals surface area contributed by atoms with Crippen molar-refractivity contribution >= 4 is 31.9 Å². The third-order valence-corrected chi connectivity index (χ3v) is 3.67. The van der Waals surface area contributed by atoms with Crippen molar-refractivity contribution in [3.05, 3.63) is 56.7 Å². The molecular formula is C14H11Br2FO2. The van der Waals surface area contributed by atoms with Crippen molar-refractivity contribution in [2.75, 3.05) is 7.11 Å². The predicted molar refractivity (Wildman–Crippen MR) is 79.1 cm³/mol. The minimum Gasteiger partial charge on any atom is -0.496 e. The standard InChI is InChI=1S/C14H11Br2FO2/c1-18-13-5-2-10(15)6-9(13)8-19-14-7-11(17)3-4-12(14)16/h2-7H,8H2,1H3. The third-order valence-electron chi connectivity index (χ3n) is 2.52. The number of methoxy groups -OCH3 is 1. The van der Waals surface area contributed by atoms with Gasteiger partial charge in [-0.3, -0.25) is 0 Å². The summed E-state index contributed by atoms with van der Waals surface area (Å²) < 4.78 is 25.7. The Morgan fingerprint density at radius 2 is 1.84 bits per heavy atom. The highest BCUT2D eigenvalue weighted by atomic mass is 79.9. The van der Waals surface area contributed by atoms with Gasteiger partial charge in [0.25, 0.3) is 0 Å². The fourth-order valence-electron chi connectivity index (χ4n) is 1.60. The van der Waals surface area contributed by atoms with Gasteiger partial charge in [0.05, 0.1) is 11.6 Å². The van der Waals surface area contributed by atoms with Gasteiger partial charge in [0, 0.05) is 16.1 Å². The summed E-state index contributed by atoms with van der Waals surface area (Å²) in [6.07, 6.45) is 0. The molecule has 0 saturated carbocycles. The van der Waals surface area contributed by atoms with E-state index in [9.17, 15) is 4.39 Å². The molecule has 0 aromatic heterocycles. The molecule has 2 nitrogen and oxygen atoms in total. The molecule has 0 N–H and O–H groups in total. The highest BCUT2D eigenvalue weighted by Crippen LogP contribution is 2.29. The second kappa shape index (κ2) is 6.39. The van der Waals surface area contributed by atoms with Gasteiger partial charge in [-0.25, -0.2) is 4.39 Å². The highest BCUT2D eigenvalue weighted by molar-refractivity contribution is 9.10. The Morgan fingerprint density at radius 3 is 2.58 bits per heavy atom. The Kier molecular flexibility index (Phi) is 4.82. The van der Waals surface area contributed by atoms with Gasteiger partial charge in [-0.05, 0) is 46.3 Å². The van der Waals surface area contributed by atoms with E-state index in [1.54, 1.807) is 13.2 Å². The zero-order valence-corrected chi connectivity index (χ0v) is 13.3. The smallest absolute Gasteiger partial charge is 0.136 e. The van der Waals surface area contributed by atoms with Crippen molar-refractivity contribution in [2.45, 2.75) is 6.61 Å². The van der Waals surface area contributed by atoms with Crippen LogP contribution in [0.25, 0.3) is 0 Å². The van der Waals surface area contributed by atoms with Crippen LogP contribution in [-0.2, 0) is 6.61 Å². The zero-order chi connectivity index (χ0) is 13.8. The Hall–Kier alpha value is -1.07. The van der Waals surface area contributed by atoms with Crippen LogP contribution in [0, 0.1) is 5.82 Å². The van der Waals surface area contributed by atoms with E-state index in [2.05, 4.69) is 31.9 Å². The summed E-state index contributed by atoms with van der Waals surface area (Å²) in [6, 6.07) is 9.98. The fraction of sp³-hybridized carbons (Fsp3) is 0.143. The first-order valence-corrected chi connectivity index (χ1v) is 7.09. The van der Waals surface area contributed by atoms with Crippen molar-refractivity contribution < 1.29 is 13.9 Å². The minimum atomic E-state index is -0.334. The van der Waals surface area contributed by atoms with Gasteiger partial charge in [0.1, 0.15) is 23.9 Å². The molecule has 0 aliphatic carbocycles. The first kappa shape index (κ1) is 14.3. The molecule has 0 radical (unpaired) electrons. The largest absolute Gasteiger partial charge is 0.496 e. The quantitative estimate of drug-likeness (QED) is 0.737. The molecule has 0 amide bonds. The summed E-state index contributed by atoms with van der Waals surface area (Å²) in [5.41, 5.74) is 0.882. The number of ether oxygens (including phenoxy) is 2. The van der Waals surface area contributed by atoms with Crippen LogP contribution in [0.5, 0.6) is 11.5 Å². The molecule has 19 heavy (non-hydrogen) atoms.